The maximum absolute atomic E-state index is 10.8. The van der Waals surface area contributed by atoms with E-state index in [-0.39, 0.29) is 5.56 Å². The number of nitrogens with zero attached hydrogens (tertiary/aromatic N) is 2. The third-order valence-electron chi connectivity index (χ3n) is 2.85. The van der Waals surface area contributed by atoms with E-state index in [0.29, 0.717) is 17.2 Å². The van der Waals surface area contributed by atoms with Crippen LogP contribution < -0.4 is 0 Å². The molecule has 7 heteroatoms. The first-order valence-corrected chi connectivity index (χ1v) is 6.65. The van der Waals surface area contributed by atoms with Crippen molar-refractivity contribution in [1.82, 2.24) is 10.1 Å². The van der Waals surface area contributed by atoms with Gasteiger partial charge in [0.1, 0.15) is 22.7 Å². The van der Waals surface area contributed by atoms with Gasteiger partial charge in [-0.3, -0.25) is 0 Å². The van der Waals surface area contributed by atoms with Crippen LogP contribution in [-0.2, 0) is 0 Å². The quantitative estimate of drug-likeness (QED) is 0.795. The summed E-state index contributed by atoms with van der Waals surface area (Å²) in [5, 5.41) is 15.3. The Bertz CT molecular complexity index is 765. The molecule has 0 spiro atoms. The average molecular weight is 290 g/mol. The Labute approximate surface area is 117 Å². The molecule has 0 aliphatic heterocycles. The molecular weight excluding hydrogens is 280 g/mol. The molecule has 20 heavy (non-hydrogen) atoms. The summed E-state index contributed by atoms with van der Waals surface area (Å²) in [5.41, 5.74) is 2.34. The van der Waals surface area contributed by atoms with E-state index in [0.717, 1.165) is 16.3 Å². The summed E-state index contributed by atoms with van der Waals surface area (Å²) in [4.78, 5) is 15.3. The van der Waals surface area contributed by atoms with Gasteiger partial charge in [-0.1, -0.05) is 5.16 Å². The van der Waals surface area contributed by atoms with E-state index in [9.17, 15) is 4.79 Å². The van der Waals surface area contributed by atoms with Gasteiger partial charge in [0.05, 0.1) is 16.8 Å². The fourth-order valence-electron chi connectivity index (χ4n) is 1.87. The van der Waals surface area contributed by atoms with Crippen LogP contribution >= 0.6 is 11.3 Å². The Morgan fingerprint density at radius 1 is 1.40 bits per heavy atom. The van der Waals surface area contributed by atoms with Gasteiger partial charge in [-0.2, -0.15) is 0 Å². The standard InChI is InChI=1S/C13H10N2O4S/c1-6-11(7(2)19-15-6)12-14-9(5-20-12)10-3-8(4-18-10)13(16)17/h3-5H,1-2H3,(H,16,17). The largest absolute Gasteiger partial charge is 0.478 e. The van der Waals surface area contributed by atoms with Crippen molar-refractivity contribution in [2.45, 2.75) is 13.8 Å². The zero-order valence-electron chi connectivity index (χ0n) is 10.7. The summed E-state index contributed by atoms with van der Waals surface area (Å²) < 4.78 is 10.3. The summed E-state index contributed by atoms with van der Waals surface area (Å²) in [6.45, 7) is 3.67. The number of carbonyl (C=O) groups is 1. The molecule has 6 nitrogen and oxygen atoms in total. The predicted octanol–water partition coefficient (Wildman–Crippen LogP) is 3.37. The minimum atomic E-state index is -1.03. The third kappa shape index (κ3) is 2.01. The van der Waals surface area contributed by atoms with Gasteiger partial charge >= 0.3 is 5.97 Å². The number of thiazole rings is 1. The van der Waals surface area contributed by atoms with Crippen molar-refractivity contribution in [3.8, 4) is 22.0 Å². The number of carboxylic acids is 1. The normalized spacial score (nSPS) is 10.9. The average Bonchev–Trinajstić information content (AvgIpc) is 3.08. The molecule has 1 N–H and O–H groups in total. The SMILES string of the molecule is Cc1noc(C)c1-c1nc(-c2cc(C(=O)O)co2)cs1. The Hall–Kier alpha value is -2.41. The lowest BCUT2D eigenvalue weighted by atomic mass is 10.2. The highest BCUT2D eigenvalue weighted by Gasteiger charge is 2.17. The molecular formula is C13H10N2O4S. The van der Waals surface area contributed by atoms with Gasteiger partial charge in [-0.25, -0.2) is 9.78 Å². The minimum absolute atomic E-state index is 0.104. The molecule has 0 aliphatic carbocycles. The maximum atomic E-state index is 10.8. The number of aryl methyl sites for hydroxylation is 2. The van der Waals surface area contributed by atoms with Crippen molar-refractivity contribution in [3.63, 3.8) is 0 Å². The summed E-state index contributed by atoms with van der Waals surface area (Å²) in [5.74, 6) is 0.104. The van der Waals surface area contributed by atoms with Gasteiger partial charge in [-0.15, -0.1) is 11.3 Å². The fourth-order valence-corrected chi connectivity index (χ4v) is 2.83. The fraction of sp³-hybridized carbons (Fsp3) is 0.154. The molecule has 0 fully saturated rings. The lowest BCUT2D eigenvalue weighted by Gasteiger charge is -1.92. The highest BCUT2D eigenvalue weighted by molar-refractivity contribution is 7.13. The second-order valence-corrected chi connectivity index (χ2v) is 5.10. The summed E-state index contributed by atoms with van der Waals surface area (Å²) in [6, 6.07) is 1.45. The van der Waals surface area contributed by atoms with Gasteiger partial charge in [0.15, 0.2) is 5.76 Å². The number of rotatable bonds is 3. The lowest BCUT2D eigenvalue weighted by Crippen LogP contribution is -1.91. The van der Waals surface area contributed by atoms with Gasteiger partial charge in [0.2, 0.25) is 0 Å². The van der Waals surface area contributed by atoms with E-state index in [1.165, 1.54) is 23.7 Å². The Morgan fingerprint density at radius 2 is 2.20 bits per heavy atom. The lowest BCUT2D eigenvalue weighted by molar-refractivity contribution is 0.0696. The zero-order chi connectivity index (χ0) is 14.3. The molecule has 3 rings (SSSR count). The van der Waals surface area contributed by atoms with Crippen molar-refractivity contribution in [1.29, 1.82) is 0 Å². The summed E-state index contributed by atoms with van der Waals surface area (Å²) in [7, 11) is 0. The highest BCUT2D eigenvalue weighted by Crippen LogP contribution is 2.33. The number of aromatic carboxylic acids is 1. The maximum Gasteiger partial charge on any atom is 0.338 e. The molecule has 0 bridgehead atoms. The molecule has 0 saturated heterocycles. The van der Waals surface area contributed by atoms with Crippen LogP contribution in [0, 0.1) is 13.8 Å². The molecule has 3 aromatic rings. The van der Waals surface area contributed by atoms with Crippen molar-refractivity contribution in [3.05, 3.63) is 34.7 Å². The van der Waals surface area contributed by atoms with Crippen LogP contribution in [0.15, 0.2) is 26.6 Å². The summed E-state index contributed by atoms with van der Waals surface area (Å²) >= 11 is 1.43. The van der Waals surface area contributed by atoms with E-state index < -0.39 is 5.97 Å². The molecule has 102 valence electrons. The van der Waals surface area contributed by atoms with Gasteiger partial charge in [-0.05, 0) is 13.8 Å². The number of aromatic nitrogens is 2. The number of hydrogen-bond donors (Lipinski definition) is 1. The molecule has 0 aromatic carbocycles. The van der Waals surface area contributed by atoms with Crippen LogP contribution in [0.1, 0.15) is 21.8 Å². The van der Waals surface area contributed by atoms with Crippen molar-refractivity contribution >= 4 is 17.3 Å². The van der Waals surface area contributed by atoms with Crippen molar-refractivity contribution < 1.29 is 18.8 Å². The summed E-state index contributed by atoms with van der Waals surface area (Å²) in [6.07, 6.45) is 1.20. The zero-order valence-corrected chi connectivity index (χ0v) is 11.5. The Kier molecular flexibility index (Phi) is 2.90. The number of hydrogen-bond acceptors (Lipinski definition) is 6. The molecule has 0 unspecified atom stereocenters. The van der Waals surface area contributed by atoms with E-state index in [1.807, 2.05) is 19.2 Å². The van der Waals surface area contributed by atoms with E-state index in [2.05, 4.69) is 10.1 Å². The van der Waals surface area contributed by atoms with Gasteiger partial charge in [0, 0.05) is 11.4 Å². The highest BCUT2D eigenvalue weighted by atomic mass is 32.1. The molecule has 0 radical (unpaired) electrons. The minimum Gasteiger partial charge on any atom is -0.478 e. The van der Waals surface area contributed by atoms with Crippen LogP contribution in [0.3, 0.4) is 0 Å². The first kappa shape index (κ1) is 12.6. The first-order valence-electron chi connectivity index (χ1n) is 5.77. The Balaban J connectivity index is 1.99. The molecule has 0 amide bonds. The smallest absolute Gasteiger partial charge is 0.338 e. The van der Waals surface area contributed by atoms with E-state index in [4.69, 9.17) is 14.0 Å². The number of carboxylic acid groups (broad SMARTS) is 1. The van der Waals surface area contributed by atoms with Crippen LogP contribution in [0.4, 0.5) is 0 Å². The van der Waals surface area contributed by atoms with E-state index >= 15 is 0 Å². The van der Waals surface area contributed by atoms with Crippen LogP contribution in [-0.4, -0.2) is 21.2 Å². The van der Waals surface area contributed by atoms with Crippen molar-refractivity contribution in [2.24, 2.45) is 0 Å². The molecule has 3 aromatic heterocycles. The Morgan fingerprint density at radius 3 is 2.80 bits per heavy atom. The van der Waals surface area contributed by atoms with E-state index in [1.54, 1.807) is 0 Å². The van der Waals surface area contributed by atoms with Crippen LogP contribution in [0.25, 0.3) is 22.0 Å². The van der Waals surface area contributed by atoms with Crippen LogP contribution in [0.2, 0.25) is 0 Å². The third-order valence-corrected chi connectivity index (χ3v) is 3.71. The predicted molar refractivity (Wildman–Crippen MR) is 71.7 cm³/mol. The molecule has 3 heterocycles. The van der Waals surface area contributed by atoms with Crippen molar-refractivity contribution in [2.75, 3.05) is 0 Å². The first-order chi connectivity index (χ1) is 9.56. The second kappa shape index (κ2) is 4.61. The van der Waals surface area contributed by atoms with Gasteiger partial charge in [0.25, 0.3) is 0 Å². The number of furan rings is 1. The molecule has 0 atom stereocenters. The van der Waals surface area contributed by atoms with Gasteiger partial charge < -0.3 is 14.0 Å². The molecule has 0 aliphatic rings. The molecule has 0 saturated carbocycles. The monoisotopic (exact) mass is 290 g/mol. The second-order valence-electron chi connectivity index (χ2n) is 4.24. The van der Waals surface area contributed by atoms with Crippen LogP contribution in [0.5, 0.6) is 0 Å². The topological polar surface area (TPSA) is 89.4 Å².